The molecule has 1 aliphatic carbocycles. The molecular weight excluding hydrogens is 256 g/mol. The Balaban J connectivity index is 2.07. The Labute approximate surface area is 119 Å². The molecule has 0 aliphatic heterocycles. The summed E-state index contributed by atoms with van der Waals surface area (Å²) in [5.41, 5.74) is 0.917. The summed E-state index contributed by atoms with van der Waals surface area (Å²) in [6.45, 7) is 0.969. The number of hydrogen-bond donors (Lipinski definition) is 0. The van der Waals surface area contributed by atoms with Gasteiger partial charge >= 0.3 is 5.97 Å². The van der Waals surface area contributed by atoms with Crippen LogP contribution in [0, 0.1) is 0 Å². The molecule has 0 spiro atoms. The summed E-state index contributed by atoms with van der Waals surface area (Å²) in [6, 6.07) is 6.15. The molecule has 1 aliphatic rings. The van der Waals surface area contributed by atoms with Crippen LogP contribution in [0.5, 0.6) is 5.88 Å². The number of carbonyl (C=O) groups excluding carboxylic acids is 1. The zero-order valence-electron chi connectivity index (χ0n) is 12.2. The van der Waals surface area contributed by atoms with E-state index in [1.807, 2.05) is 18.2 Å². The van der Waals surface area contributed by atoms with Gasteiger partial charge in [0.1, 0.15) is 0 Å². The zero-order valence-corrected chi connectivity index (χ0v) is 12.2. The van der Waals surface area contributed by atoms with E-state index in [0.717, 1.165) is 18.5 Å². The summed E-state index contributed by atoms with van der Waals surface area (Å²) < 4.78 is 9.94. The fourth-order valence-corrected chi connectivity index (χ4v) is 2.68. The lowest BCUT2D eigenvalue weighted by Crippen LogP contribution is -2.37. The van der Waals surface area contributed by atoms with E-state index in [9.17, 15) is 4.79 Å². The molecular formula is C15H22N2O3. The highest BCUT2D eigenvalue weighted by Crippen LogP contribution is 2.24. The molecule has 1 fully saturated rings. The lowest BCUT2D eigenvalue weighted by molar-refractivity contribution is -0.142. The van der Waals surface area contributed by atoms with Gasteiger partial charge in [-0.3, -0.25) is 9.69 Å². The molecule has 0 unspecified atom stereocenters. The normalized spacial score (nSPS) is 15.6. The second-order valence-electron chi connectivity index (χ2n) is 5.09. The van der Waals surface area contributed by atoms with Gasteiger partial charge in [-0.2, -0.15) is 0 Å². The van der Waals surface area contributed by atoms with Crippen molar-refractivity contribution in [2.24, 2.45) is 0 Å². The molecule has 5 nitrogen and oxygen atoms in total. The molecule has 0 saturated heterocycles. The van der Waals surface area contributed by atoms with Crippen LogP contribution in [0.4, 0.5) is 0 Å². The second-order valence-corrected chi connectivity index (χ2v) is 5.09. The summed E-state index contributed by atoms with van der Waals surface area (Å²) in [5.74, 6) is 0.409. The minimum Gasteiger partial charge on any atom is -0.481 e. The Hall–Kier alpha value is -1.62. The maximum Gasteiger partial charge on any atom is 0.319 e. The first-order valence-corrected chi connectivity index (χ1v) is 7.03. The van der Waals surface area contributed by atoms with Crippen LogP contribution in [0.25, 0.3) is 0 Å². The van der Waals surface area contributed by atoms with Crippen molar-refractivity contribution in [3.63, 3.8) is 0 Å². The molecule has 0 atom stereocenters. The van der Waals surface area contributed by atoms with E-state index in [1.165, 1.54) is 20.0 Å². The highest BCUT2D eigenvalue weighted by atomic mass is 16.5. The number of aromatic nitrogens is 1. The second kappa shape index (κ2) is 7.24. The highest BCUT2D eigenvalue weighted by Gasteiger charge is 2.25. The van der Waals surface area contributed by atoms with Gasteiger partial charge in [0.05, 0.1) is 26.5 Å². The van der Waals surface area contributed by atoms with Crippen molar-refractivity contribution in [3.05, 3.63) is 23.9 Å². The predicted molar refractivity (Wildman–Crippen MR) is 75.5 cm³/mol. The summed E-state index contributed by atoms with van der Waals surface area (Å²) >= 11 is 0. The van der Waals surface area contributed by atoms with Crippen molar-refractivity contribution in [2.75, 3.05) is 20.8 Å². The zero-order chi connectivity index (χ0) is 14.4. The Morgan fingerprint density at radius 1 is 1.35 bits per heavy atom. The van der Waals surface area contributed by atoms with Crippen molar-refractivity contribution >= 4 is 5.97 Å². The summed E-state index contributed by atoms with van der Waals surface area (Å²) in [4.78, 5) is 18.2. The third kappa shape index (κ3) is 3.93. The molecule has 0 radical (unpaired) electrons. The maximum absolute atomic E-state index is 11.6. The summed E-state index contributed by atoms with van der Waals surface area (Å²) in [6.07, 6.45) is 4.74. The van der Waals surface area contributed by atoms with E-state index in [0.29, 0.717) is 25.0 Å². The molecule has 1 aromatic rings. The third-order valence-corrected chi connectivity index (χ3v) is 3.76. The Bertz CT molecular complexity index is 444. The quantitative estimate of drug-likeness (QED) is 0.745. The molecule has 1 aromatic heterocycles. The largest absolute Gasteiger partial charge is 0.481 e. The van der Waals surface area contributed by atoms with Crippen molar-refractivity contribution in [2.45, 2.75) is 38.3 Å². The third-order valence-electron chi connectivity index (χ3n) is 3.76. The van der Waals surface area contributed by atoms with E-state index in [1.54, 1.807) is 7.11 Å². The first kappa shape index (κ1) is 14.8. The molecule has 110 valence electrons. The number of methoxy groups -OCH3 is 2. The molecule has 0 aromatic carbocycles. The lowest BCUT2D eigenvalue weighted by Gasteiger charge is -2.27. The average Bonchev–Trinajstić information content (AvgIpc) is 3.00. The van der Waals surface area contributed by atoms with Crippen molar-refractivity contribution in [3.8, 4) is 5.88 Å². The average molecular weight is 278 g/mol. The Morgan fingerprint density at radius 2 is 2.10 bits per heavy atom. The van der Waals surface area contributed by atoms with Gasteiger partial charge in [-0.05, 0) is 18.9 Å². The van der Waals surface area contributed by atoms with Crippen LogP contribution in [-0.4, -0.2) is 42.7 Å². The monoisotopic (exact) mass is 278 g/mol. The number of nitrogens with zero attached hydrogens (tertiary/aromatic N) is 2. The van der Waals surface area contributed by atoms with Gasteiger partial charge in [0.2, 0.25) is 5.88 Å². The smallest absolute Gasteiger partial charge is 0.319 e. The topological polar surface area (TPSA) is 51.7 Å². The number of rotatable bonds is 6. The molecule has 5 heteroatoms. The van der Waals surface area contributed by atoms with Gasteiger partial charge < -0.3 is 9.47 Å². The Kier molecular flexibility index (Phi) is 5.35. The fourth-order valence-electron chi connectivity index (χ4n) is 2.68. The Morgan fingerprint density at radius 3 is 2.75 bits per heavy atom. The molecule has 1 heterocycles. The van der Waals surface area contributed by atoms with Gasteiger partial charge in [0, 0.05) is 18.7 Å². The number of pyridine rings is 1. The van der Waals surface area contributed by atoms with Gasteiger partial charge in [-0.15, -0.1) is 0 Å². The van der Waals surface area contributed by atoms with Crippen LogP contribution in [0.15, 0.2) is 18.2 Å². The van der Waals surface area contributed by atoms with E-state index in [-0.39, 0.29) is 5.97 Å². The molecule has 20 heavy (non-hydrogen) atoms. The minimum atomic E-state index is -0.195. The molecule has 0 bridgehead atoms. The van der Waals surface area contributed by atoms with Crippen LogP contribution in [0.1, 0.15) is 31.4 Å². The molecule has 0 amide bonds. The van der Waals surface area contributed by atoms with Gasteiger partial charge in [0.25, 0.3) is 0 Å². The molecule has 1 saturated carbocycles. The SMILES string of the molecule is COC(=O)CN(Cc1cccc(OC)n1)C1CCCC1. The first-order valence-electron chi connectivity index (χ1n) is 7.03. The van der Waals surface area contributed by atoms with Crippen LogP contribution in [0.3, 0.4) is 0 Å². The standard InChI is InChI=1S/C15H22N2O3/c1-19-14-9-5-6-12(16-14)10-17(11-15(18)20-2)13-7-3-4-8-13/h5-6,9,13H,3-4,7-8,10-11H2,1-2H3. The van der Waals surface area contributed by atoms with Crippen molar-refractivity contribution < 1.29 is 14.3 Å². The lowest BCUT2D eigenvalue weighted by atomic mass is 10.2. The highest BCUT2D eigenvalue weighted by molar-refractivity contribution is 5.71. The molecule has 0 N–H and O–H groups in total. The number of esters is 1. The van der Waals surface area contributed by atoms with Crippen LogP contribution in [0.2, 0.25) is 0 Å². The van der Waals surface area contributed by atoms with Crippen LogP contribution < -0.4 is 4.74 Å². The summed E-state index contributed by atoms with van der Waals surface area (Å²) in [7, 11) is 3.04. The number of hydrogen-bond acceptors (Lipinski definition) is 5. The van der Waals surface area contributed by atoms with Gasteiger partial charge in [-0.25, -0.2) is 4.98 Å². The fraction of sp³-hybridized carbons (Fsp3) is 0.600. The van der Waals surface area contributed by atoms with E-state index in [2.05, 4.69) is 9.88 Å². The van der Waals surface area contributed by atoms with Gasteiger partial charge in [-0.1, -0.05) is 18.9 Å². The van der Waals surface area contributed by atoms with E-state index in [4.69, 9.17) is 9.47 Å². The number of ether oxygens (including phenoxy) is 2. The van der Waals surface area contributed by atoms with E-state index < -0.39 is 0 Å². The number of carbonyl (C=O) groups is 1. The first-order chi connectivity index (χ1) is 9.72. The summed E-state index contributed by atoms with van der Waals surface area (Å²) in [5, 5.41) is 0. The maximum atomic E-state index is 11.6. The van der Waals surface area contributed by atoms with Crippen LogP contribution in [-0.2, 0) is 16.1 Å². The van der Waals surface area contributed by atoms with Crippen molar-refractivity contribution in [1.82, 2.24) is 9.88 Å². The predicted octanol–water partition coefficient (Wildman–Crippen LogP) is 2.01. The van der Waals surface area contributed by atoms with Crippen molar-refractivity contribution in [1.29, 1.82) is 0 Å². The minimum absolute atomic E-state index is 0.195. The molecule has 2 rings (SSSR count). The van der Waals surface area contributed by atoms with Crippen LogP contribution >= 0.6 is 0 Å². The van der Waals surface area contributed by atoms with E-state index >= 15 is 0 Å². The van der Waals surface area contributed by atoms with Gasteiger partial charge in [0.15, 0.2) is 0 Å².